The zero-order valence-electron chi connectivity index (χ0n) is 14.7. The van der Waals surface area contributed by atoms with Crippen LogP contribution < -0.4 is 23.3 Å². The Morgan fingerprint density at radius 1 is 0.923 bits per heavy atom. The molecule has 0 saturated heterocycles. The highest BCUT2D eigenvalue weighted by Crippen LogP contribution is 2.17. The maximum Gasteiger partial charge on any atom is 0.249 e. The van der Waals surface area contributed by atoms with E-state index in [-0.39, 0.29) is 0 Å². The van der Waals surface area contributed by atoms with Gasteiger partial charge in [0.05, 0.1) is 5.10 Å². The number of aryl methyl sites for hydroxylation is 1. The van der Waals surface area contributed by atoms with E-state index in [1.54, 1.807) is 0 Å². The Labute approximate surface area is 154 Å². The lowest BCUT2D eigenvalue weighted by Gasteiger charge is -2.17. The largest absolute Gasteiger partial charge is 0.249 e. The Bertz CT molecular complexity index is 822. The molecule has 0 aliphatic rings. The van der Waals surface area contributed by atoms with Gasteiger partial charge in [0.2, 0.25) is 5.69 Å². The molecule has 1 aromatic heterocycles. The van der Waals surface area contributed by atoms with E-state index >= 15 is 0 Å². The van der Waals surface area contributed by atoms with E-state index in [0.29, 0.717) is 6.04 Å². The molecule has 0 fully saturated rings. The molecule has 2 aromatic carbocycles. The second kappa shape index (κ2) is 8.39. The van der Waals surface area contributed by atoms with Crippen molar-refractivity contribution in [1.82, 2.24) is 9.90 Å². The number of halogens is 1. The lowest BCUT2D eigenvalue weighted by Crippen LogP contribution is -2.68. The van der Waals surface area contributed by atoms with Gasteiger partial charge in [0.15, 0.2) is 6.20 Å². The van der Waals surface area contributed by atoms with E-state index in [9.17, 15) is 0 Å². The van der Waals surface area contributed by atoms with Crippen LogP contribution in [0, 0.1) is 17.2 Å². The molecule has 0 spiro atoms. The van der Waals surface area contributed by atoms with E-state index in [2.05, 4.69) is 68.0 Å². The smallest absolute Gasteiger partial charge is 0.222 e. The molecule has 26 heavy (non-hydrogen) atoms. The second-order valence-electron chi connectivity index (χ2n) is 5.96. The van der Waals surface area contributed by atoms with Crippen molar-refractivity contribution in [3.63, 3.8) is 0 Å². The van der Waals surface area contributed by atoms with Crippen LogP contribution in [0.15, 0.2) is 60.8 Å². The molecule has 0 radical (unpaired) electrons. The van der Waals surface area contributed by atoms with Gasteiger partial charge in [-0.1, -0.05) is 48.0 Å². The first-order valence-electron chi connectivity index (χ1n) is 7.91. The number of hydrogen-bond donors (Lipinski definition) is 0. The molecule has 1 heterocycles. The SMILES string of the molecule is Cc1ccc(-c2c[n+](C(C)C)n(-c3ccccc3)n2)cc1.[O-][Cl+3]([O-])([O-])[O-]. The molecule has 3 aromatic rings. The molecule has 0 bridgehead atoms. The topological polar surface area (TPSA) is 114 Å². The zero-order valence-corrected chi connectivity index (χ0v) is 15.5. The van der Waals surface area contributed by atoms with Crippen molar-refractivity contribution in [1.29, 1.82) is 0 Å². The van der Waals surface area contributed by atoms with Gasteiger partial charge in [0, 0.05) is 5.56 Å². The second-order valence-corrected chi connectivity index (χ2v) is 6.71. The molecule has 0 atom stereocenters. The maximum absolute atomic E-state index is 8.49. The van der Waals surface area contributed by atoms with Gasteiger partial charge in [-0.05, 0) is 37.7 Å². The van der Waals surface area contributed by atoms with Gasteiger partial charge in [-0.25, -0.2) is 18.6 Å². The summed E-state index contributed by atoms with van der Waals surface area (Å²) < 4.78 is 36.1. The van der Waals surface area contributed by atoms with Crippen molar-refractivity contribution in [3.05, 3.63) is 66.4 Å². The molecule has 0 unspecified atom stereocenters. The van der Waals surface area contributed by atoms with E-state index < -0.39 is 10.2 Å². The minimum atomic E-state index is -4.94. The fraction of sp³-hybridized carbons (Fsp3) is 0.222. The number of benzene rings is 2. The molecule has 0 N–H and O–H groups in total. The number of para-hydroxylation sites is 1. The maximum atomic E-state index is 8.49. The van der Waals surface area contributed by atoms with Crippen LogP contribution in [0.2, 0.25) is 0 Å². The zero-order chi connectivity index (χ0) is 19.3. The highest BCUT2D eigenvalue weighted by Gasteiger charge is 2.21. The van der Waals surface area contributed by atoms with Crippen molar-refractivity contribution in [3.8, 4) is 16.9 Å². The summed E-state index contributed by atoms with van der Waals surface area (Å²) in [6.07, 6.45) is 2.11. The molecule has 3 rings (SSSR count). The average molecular weight is 378 g/mol. The van der Waals surface area contributed by atoms with Gasteiger partial charge in [-0.2, -0.15) is 4.68 Å². The fourth-order valence-electron chi connectivity index (χ4n) is 2.34. The highest BCUT2D eigenvalue weighted by atomic mass is 35.7. The van der Waals surface area contributed by atoms with E-state index in [4.69, 9.17) is 23.7 Å². The number of rotatable bonds is 3. The van der Waals surface area contributed by atoms with Crippen LogP contribution in [-0.2, 0) is 0 Å². The van der Waals surface area contributed by atoms with E-state index in [0.717, 1.165) is 16.9 Å². The Balaban J connectivity index is 0.000000431. The van der Waals surface area contributed by atoms with E-state index in [1.165, 1.54) is 5.56 Å². The molecular formula is C18H20ClN3O4. The minimum absolute atomic E-state index is 0.344. The van der Waals surface area contributed by atoms with Crippen LogP contribution in [0.3, 0.4) is 0 Å². The standard InChI is InChI=1S/C18H20N3.ClHO4/c1-14(2)20-13-18(16-11-9-15(3)10-12-16)19-21(20)17-7-5-4-6-8-17;2-1(3,4)5/h4-14H,1-3H3;(H,2,3,4,5)/q+1;/p-1. The van der Waals surface area contributed by atoms with Crippen LogP contribution in [-0.4, -0.2) is 9.90 Å². The number of hydrogen-bond acceptors (Lipinski definition) is 5. The first-order chi connectivity index (χ1) is 12.1. The summed E-state index contributed by atoms with van der Waals surface area (Å²) in [5, 5.41) is 4.78. The Morgan fingerprint density at radius 3 is 1.96 bits per heavy atom. The molecule has 0 aliphatic carbocycles. The lowest BCUT2D eigenvalue weighted by atomic mass is 10.1. The minimum Gasteiger partial charge on any atom is -0.222 e. The number of nitrogens with zero attached hydrogens (tertiary/aromatic N) is 3. The summed E-state index contributed by atoms with van der Waals surface area (Å²) in [4.78, 5) is 1.97. The van der Waals surface area contributed by atoms with Crippen molar-refractivity contribution in [2.75, 3.05) is 0 Å². The predicted molar refractivity (Wildman–Crippen MR) is 84.3 cm³/mol. The summed E-state index contributed by atoms with van der Waals surface area (Å²) in [5.41, 5.74) is 4.47. The third-order valence-electron chi connectivity index (χ3n) is 3.54. The summed E-state index contributed by atoms with van der Waals surface area (Å²) in [5.74, 6) is 0. The van der Waals surface area contributed by atoms with Crippen LogP contribution in [0.4, 0.5) is 0 Å². The van der Waals surface area contributed by atoms with Gasteiger partial charge in [0.25, 0.3) is 0 Å². The molecule has 7 nitrogen and oxygen atoms in total. The summed E-state index contributed by atoms with van der Waals surface area (Å²) >= 11 is 0. The summed E-state index contributed by atoms with van der Waals surface area (Å²) in [6.45, 7) is 6.43. The Morgan fingerprint density at radius 2 is 1.46 bits per heavy atom. The van der Waals surface area contributed by atoms with Crippen LogP contribution in [0.25, 0.3) is 16.9 Å². The molecule has 8 heteroatoms. The van der Waals surface area contributed by atoms with Crippen LogP contribution in [0.5, 0.6) is 0 Å². The van der Waals surface area contributed by atoms with Crippen molar-refractivity contribution >= 4 is 0 Å². The lowest BCUT2D eigenvalue weighted by molar-refractivity contribution is -2.00. The van der Waals surface area contributed by atoms with Gasteiger partial charge < -0.3 is 0 Å². The third-order valence-corrected chi connectivity index (χ3v) is 3.54. The first-order valence-corrected chi connectivity index (χ1v) is 9.14. The van der Waals surface area contributed by atoms with Crippen molar-refractivity contribution in [2.24, 2.45) is 0 Å². The quantitative estimate of drug-likeness (QED) is 0.541. The Hall–Kier alpha value is -2.29. The number of aromatic nitrogens is 3. The predicted octanol–water partition coefficient (Wildman–Crippen LogP) is -1.04. The molecule has 138 valence electrons. The van der Waals surface area contributed by atoms with E-state index in [1.807, 2.05) is 23.0 Å². The average Bonchev–Trinajstić information content (AvgIpc) is 3.00. The highest BCUT2D eigenvalue weighted by molar-refractivity contribution is 5.57. The molecular weight excluding hydrogens is 358 g/mol. The van der Waals surface area contributed by atoms with Crippen LogP contribution >= 0.6 is 0 Å². The summed E-state index contributed by atoms with van der Waals surface area (Å²) in [6, 6.07) is 19.1. The Kier molecular flexibility index (Phi) is 6.47. The molecule has 0 aliphatic heterocycles. The monoisotopic (exact) mass is 377 g/mol. The van der Waals surface area contributed by atoms with Crippen LogP contribution in [0.1, 0.15) is 25.5 Å². The first kappa shape index (κ1) is 20.0. The van der Waals surface area contributed by atoms with Crippen molar-refractivity contribution < 1.29 is 33.6 Å². The summed E-state index contributed by atoms with van der Waals surface area (Å²) in [7, 11) is -4.94. The van der Waals surface area contributed by atoms with Gasteiger partial charge in [-0.3, -0.25) is 0 Å². The van der Waals surface area contributed by atoms with Crippen molar-refractivity contribution in [2.45, 2.75) is 26.8 Å². The van der Waals surface area contributed by atoms with Gasteiger partial charge >= 0.3 is 0 Å². The normalized spacial score (nSPS) is 11.2. The molecule has 0 amide bonds. The van der Waals surface area contributed by atoms with Gasteiger partial charge in [0.1, 0.15) is 11.7 Å². The van der Waals surface area contributed by atoms with Gasteiger partial charge in [-0.15, -0.1) is 10.2 Å². The molecule has 0 saturated carbocycles. The fourth-order valence-corrected chi connectivity index (χ4v) is 2.34. The third kappa shape index (κ3) is 5.91.